The first-order valence-electron chi connectivity index (χ1n) is 10.7. The number of nitrogens with one attached hydrogen (secondary N) is 1. The van der Waals surface area contributed by atoms with Crippen LogP contribution in [-0.4, -0.2) is 64.1 Å². The fourth-order valence-electron chi connectivity index (χ4n) is 3.79. The molecule has 0 aliphatic carbocycles. The molecule has 1 amide bonds. The molecule has 0 radical (unpaired) electrons. The number of ether oxygens (including phenoxy) is 1. The van der Waals surface area contributed by atoms with Gasteiger partial charge in [-0.05, 0) is 30.7 Å². The standard InChI is InChI=1S/C22H26N6O3S/c1-3-32-22-25-18(27-11-6-7-12-27)17-14-24-28(19(17)26-22)13-10-23-20(29)15-8-4-5-9-16(15)21(30)31-2/h4-5,8-9,14H,3,6-7,10-13H2,1-2H3,(H,23,29). The third-order valence-corrected chi connectivity index (χ3v) is 6.05. The maximum Gasteiger partial charge on any atom is 0.338 e. The SMILES string of the molecule is CCSc1nc(N2CCCC2)c2cnn(CCNC(=O)c3ccccc3C(=O)OC)c2n1. The number of aromatic nitrogens is 4. The van der Waals surface area contributed by atoms with E-state index in [9.17, 15) is 9.59 Å². The Morgan fingerprint density at radius 2 is 1.91 bits per heavy atom. The highest BCUT2D eigenvalue weighted by Gasteiger charge is 2.21. The minimum atomic E-state index is -0.541. The number of esters is 1. The fraction of sp³-hybridized carbons (Fsp3) is 0.409. The van der Waals surface area contributed by atoms with E-state index < -0.39 is 5.97 Å². The van der Waals surface area contributed by atoms with E-state index in [1.807, 2.05) is 0 Å². The van der Waals surface area contributed by atoms with Crippen LogP contribution >= 0.6 is 11.8 Å². The summed E-state index contributed by atoms with van der Waals surface area (Å²) < 4.78 is 6.56. The normalized spacial score (nSPS) is 13.5. The van der Waals surface area contributed by atoms with Crippen LogP contribution in [0.25, 0.3) is 11.0 Å². The van der Waals surface area contributed by atoms with Gasteiger partial charge in [0.25, 0.3) is 5.91 Å². The first-order chi connectivity index (χ1) is 15.6. The van der Waals surface area contributed by atoms with E-state index in [-0.39, 0.29) is 17.0 Å². The molecule has 1 fully saturated rings. The van der Waals surface area contributed by atoms with Crippen molar-refractivity contribution in [3.05, 3.63) is 41.6 Å². The van der Waals surface area contributed by atoms with E-state index in [0.717, 1.165) is 53.7 Å². The molecule has 0 unspecified atom stereocenters. The Labute approximate surface area is 190 Å². The summed E-state index contributed by atoms with van der Waals surface area (Å²) >= 11 is 1.60. The van der Waals surface area contributed by atoms with Crippen LogP contribution in [0, 0.1) is 0 Å². The summed E-state index contributed by atoms with van der Waals surface area (Å²) in [6.07, 6.45) is 4.13. The molecule has 0 saturated carbocycles. The number of rotatable bonds is 8. The molecule has 32 heavy (non-hydrogen) atoms. The van der Waals surface area contributed by atoms with Crippen LogP contribution in [0.2, 0.25) is 0 Å². The molecule has 2 aromatic heterocycles. The maximum atomic E-state index is 12.7. The number of carbonyl (C=O) groups excluding carboxylic acids is 2. The Hall–Kier alpha value is -3.14. The third-order valence-electron chi connectivity index (χ3n) is 5.32. The highest BCUT2D eigenvalue weighted by molar-refractivity contribution is 7.99. The highest BCUT2D eigenvalue weighted by Crippen LogP contribution is 2.29. The van der Waals surface area contributed by atoms with Crippen LogP contribution in [-0.2, 0) is 11.3 Å². The summed E-state index contributed by atoms with van der Waals surface area (Å²) in [5.74, 6) is 0.943. The second kappa shape index (κ2) is 9.99. The average molecular weight is 455 g/mol. The van der Waals surface area contributed by atoms with Crippen molar-refractivity contribution >= 4 is 40.5 Å². The molecule has 1 aromatic carbocycles. The van der Waals surface area contributed by atoms with Gasteiger partial charge in [0, 0.05) is 19.6 Å². The zero-order chi connectivity index (χ0) is 22.5. The Morgan fingerprint density at radius 3 is 2.62 bits per heavy atom. The monoisotopic (exact) mass is 454 g/mol. The molecule has 0 atom stereocenters. The molecule has 1 aliphatic heterocycles. The third kappa shape index (κ3) is 4.55. The van der Waals surface area contributed by atoms with Gasteiger partial charge in [-0.2, -0.15) is 5.10 Å². The van der Waals surface area contributed by atoms with E-state index >= 15 is 0 Å². The van der Waals surface area contributed by atoms with Gasteiger partial charge in [0.15, 0.2) is 10.8 Å². The van der Waals surface area contributed by atoms with E-state index in [1.165, 1.54) is 7.11 Å². The van der Waals surface area contributed by atoms with Gasteiger partial charge in [-0.25, -0.2) is 19.4 Å². The van der Waals surface area contributed by atoms with E-state index in [1.54, 1.807) is 46.9 Å². The van der Waals surface area contributed by atoms with Crippen molar-refractivity contribution in [3.63, 3.8) is 0 Å². The Balaban J connectivity index is 1.52. The van der Waals surface area contributed by atoms with Gasteiger partial charge in [-0.1, -0.05) is 30.8 Å². The summed E-state index contributed by atoms with van der Waals surface area (Å²) in [4.78, 5) is 36.4. The zero-order valence-electron chi connectivity index (χ0n) is 18.2. The number of methoxy groups -OCH3 is 1. The molecule has 1 saturated heterocycles. The number of hydrogen-bond donors (Lipinski definition) is 1. The van der Waals surface area contributed by atoms with Gasteiger partial charge in [0.2, 0.25) is 0 Å². The molecule has 4 rings (SSSR count). The second-order valence-electron chi connectivity index (χ2n) is 7.36. The second-order valence-corrected chi connectivity index (χ2v) is 8.59. The summed E-state index contributed by atoms with van der Waals surface area (Å²) in [7, 11) is 1.29. The van der Waals surface area contributed by atoms with Crippen LogP contribution in [0.1, 0.15) is 40.5 Å². The predicted molar refractivity (Wildman–Crippen MR) is 123 cm³/mol. The molecule has 1 aliphatic rings. The van der Waals surface area contributed by atoms with Gasteiger partial charge in [-0.15, -0.1) is 0 Å². The first-order valence-corrected chi connectivity index (χ1v) is 11.7. The molecule has 10 heteroatoms. The molecule has 9 nitrogen and oxygen atoms in total. The fourth-order valence-corrected chi connectivity index (χ4v) is 4.35. The quantitative estimate of drug-likeness (QED) is 0.315. The largest absolute Gasteiger partial charge is 0.465 e. The van der Waals surface area contributed by atoms with Gasteiger partial charge in [0.05, 0.1) is 36.4 Å². The van der Waals surface area contributed by atoms with Crippen molar-refractivity contribution < 1.29 is 14.3 Å². The van der Waals surface area contributed by atoms with Crippen molar-refractivity contribution in [3.8, 4) is 0 Å². The molecule has 168 valence electrons. The van der Waals surface area contributed by atoms with Crippen molar-refractivity contribution in [1.29, 1.82) is 0 Å². The lowest BCUT2D eigenvalue weighted by atomic mass is 10.1. The van der Waals surface area contributed by atoms with Crippen molar-refractivity contribution in [2.75, 3.05) is 37.4 Å². The van der Waals surface area contributed by atoms with Crippen LogP contribution in [0.5, 0.6) is 0 Å². The van der Waals surface area contributed by atoms with E-state index in [0.29, 0.717) is 13.1 Å². The number of hydrogen-bond acceptors (Lipinski definition) is 8. The lowest BCUT2D eigenvalue weighted by molar-refractivity contribution is 0.0596. The molecule has 3 aromatic rings. The van der Waals surface area contributed by atoms with Crippen LogP contribution < -0.4 is 10.2 Å². The molecular formula is C22H26N6O3S. The zero-order valence-corrected chi connectivity index (χ0v) is 19.0. The molecular weight excluding hydrogens is 428 g/mol. The van der Waals surface area contributed by atoms with Crippen LogP contribution in [0.15, 0.2) is 35.6 Å². The van der Waals surface area contributed by atoms with Crippen LogP contribution in [0.4, 0.5) is 5.82 Å². The van der Waals surface area contributed by atoms with Gasteiger partial charge in [0.1, 0.15) is 5.82 Å². The van der Waals surface area contributed by atoms with Gasteiger partial charge in [-0.3, -0.25) is 4.79 Å². The van der Waals surface area contributed by atoms with Gasteiger partial charge < -0.3 is 15.0 Å². The maximum absolute atomic E-state index is 12.7. The molecule has 1 N–H and O–H groups in total. The number of amides is 1. The minimum absolute atomic E-state index is 0.237. The number of anilines is 1. The summed E-state index contributed by atoms with van der Waals surface area (Å²) in [5.41, 5.74) is 1.29. The molecule has 0 spiro atoms. The van der Waals surface area contributed by atoms with E-state index in [2.05, 4.69) is 22.2 Å². The summed E-state index contributed by atoms with van der Waals surface area (Å²) in [6.45, 7) is 4.84. The molecule has 0 bridgehead atoms. The van der Waals surface area contributed by atoms with Crippen LogP contribution in [0.3, 0.4) is 0 Å². The Morgan fingerprint density at radius 1 is 1.16 bits per heavy atom. The average Bonchev–Trinajstić information content (AvgIpc) is 3.49. The van der Waals surface area contributed by atoms with Gasteiger partial charge >= 0.3 is 5.97 Å². The van der Waals surface area contributed by atoms with Crippen molar-refractivity contribution in [2.45, 2.75) is 31.5 Å². The topological polar surface area (TPSA) is 102 Å². The molecule has 3 heterocycles. The number of fused-ring (bicyclic) bond motifs is 1. The predicted octanol–water partition coefficient (Wildman–Crippen LogP) is 2.76. The minimum Gasteiger partial charge on any atom is -0.465 e. The number of carbonyl (C=O) groups is 2. The first kappa shape index (κ1) is 22.1. The summed E-state index contributed by atoms with van der Waals surface area (Å²) in [5, 5.41) is 9.04. The lowest BCUT2D eigenvalue weighted by Gasteiger charge is -2.17. The number of thioether (sulfide) groups is 1. The van der Waals surface area contributed by atoms with Crippen molar-refractivity contribution in [1.82, 2.24) is 25.1 Å². The van der Waals surface area contributed by atoms with E-state index in [4.69, 9.17) is 14.7 Å². The number of nitrogens with zero attached hydrogens (tertiary/aromatic N) is 5. The Bertz CT molecular complexity index is 1130. The van der Waals surface area contributed by atoms with Crippen molar-refractivity contribution in [2.24, 2.45) is 0 Å². The smallest absolute Gasteiger partial charge is 0.338 e. The number of benzene rings is 1. The lowest BCUT2D eigenvalue weighted by Crippen LogP contribution is -2.29. The highest BCUT2D eigenvalue weighted by atomic mass is 32.2. The Kier molecular flexibility index (Phi) is 6.89. The summed E-state index contributed by atoms with van der Waals surface area (Å²) in [6, 6.07) is 6.59.